The molecule has 0 radical (unpaired) electrons. The first-order chi connectivity index (χ1) is 20.1. The molecule has 10 heteroatoms. The summed E-state index contributed by atoms with van der Waals surface area (Å²) in [6, 6.07) is 25.3. The van der Waals surface area contributed by atoms with E-state index in [-0.39, 0.29) is 17.2 Å². The van der Waals surface area contributed by atoms with Crippen molar-refractivity contribution in [2.24, 2.45) is 5.92 Å². The van der Waals surface area contributed by atoms with Crippen LogP contribution in [-0.4, -0.2) is 51.2 Å². The van der Waals surface area contributed by atoms with Gasteiger partial charge in [-0.1, -0.05) is 42.5 Å². The number of hydrogen-bond acceptors (Lipinski definition) is 6. The topological polar surface area (TPSA) is 122 Å². The number of ether oxygens (including phenoxy) is 1. The molecule has 0 aliphatic carbocycles. The molecule has 4 aromatic rings. The number of anilines is 1. The molecule has 9 nitrogen and oxygen atoms in total. The number of fused-ring (bicyclic) bond motifs is 1. The molecule has 0 bridgehead atoms. The second-order valence-electron chi connectivity index (χ2n) is 9.63. The van der Waals surface area contributed by atoms with Gasteiger partial charge in [0.05, 0.1) is 12.0 Å². The summed E-state index contributed by atoms with van der Waals surface area (Å²) < 4.78 is 33.6. The first-order valence-corrected chi connectivity index (χ1v) is 15.0. The summed E-state index contributed by atoms with van der Waals surface area (Å²) in [5.74, 6) is -2.32. The van der Waals surface area contributed by atoms with Gasteiger partial charge < -0.3 is 15.0 Å². The smallest absolute Gasteiger partial charge is 0.264 e. The maximum Gasteiger partial charge on any atom is 0.264 e. The second kappa shape index (κ2) is 13.3. The number of hydrogen-bond donors (Lipinski definition) is 2. The number of carbonyl (C=O) groups excluding carboxylic acids is 3. The van der Waals surface area contributed by atoms with Gasteiger partial charge in [0.2, 0.25) is 11.8 Å². The van der Waals surface area contributed by atoms with Crippen molar-refractivity contribution in [3.63, 3.8) is 0 Å². The number of nitrogens with one attached hydrogen (secondary N) is 2. The van der Waals surface area contributed by atoms with Crippen LogP contribution in [0.4, 0.5) is 5.69 Å². The standard InChI is InChI=1S/C32H33N3O6S/c1-4-35(5-2)32(38)29(31(37)34-42(39,40)28-19-14-23-8-6-7-9-25(23)21-28)20-22-10-15-26(16-11-22)33-30(36)24-12-17-27(41-3)18-13-24/h6-19,21,29H,4-5,20H2,1-3H3,(H,33,36)(H,34,37). The van der Waals surface area contributed by atoms with Crippen LogP contribution in [-0.2, 0) is 26.0 Å². The lowest BCUT2D eigenvalue weighted by molar-refractivity contribution is -0.141. The molecular weight excluding hydrogens is 554 g/mol. The van der Waals surface area contributed by atoms with E-state index in [1.165, 1.54) is 17.0 Å². The molecular formula is C32H33N3O6S. The number of sulfonamides is 1. The van der Waals surface area contributed by atoms with Crippen molar-refractivity contribution < 1.29 is 27.5 Å². The van der Waals surface area contributed by atoms with Crippen LogP contribution in [0.15, 0.2) is 95.9 Å². The molecule has 1 atom stereocenters. The molecule has 4 rings (SSSR count). The Morgan fingerprint density at radius 1 is 0.833 bits per heavy atom. The van der Waals surface area contributed by atoms with E-state index in [1.54, 1.807) is 87.7 Å². The molecule has 2 N–H and O–H groups in total. The van der Waals surface area contributed by atoms with Crippen LogP contribution < -0.4 is 14.8 Å². The molecule has 0 saturated heterocycles. The number of methoxy groups -OCH3 is 1. The van der Waals surface area contributed by atoms with Crippen molar-refractivity contribution in [3.05, 3.63) is 102 Å². The fraction of sp³-hybridized carbons (Fsp3) is 0.219. The lowest BCUT2D eigenvalue weighted by Gasteiger charge is -2.25. The Morgan fingerprint density at radius 3 is 2.10 bits per heavy atom. The Hall–Kier alpha value is -4.70. The van der Waals surface area contributed by atoms with E-state index in [9.17, 15) is 22.8 Å². The van der Waals surface area contributed by atoms with E-state index in [2.05, 4.69) is 10.0 Å². The zero-order valence-corrected chi connectivity index (χ0v) is 24.5. The number of benzene rings is 4. The third kappa shape index (κ3) is 7.13. The van der Waals surface area contributed by atoms with E-state index < -0.39 is 27.8 Å². The van der Waals surface area contributed by atoms with Gasteiger partial charge in [0, 0.05) is 24.3 Å². The summed E-state index contributed by atoms with van der Waals surface area (Å²) in [5.41, 5.74) is 1.60. The zero-order chi connectivity index (χ0) is 30.3. The van der Waals surface area contributed by atoms with E-state index >= 15 is 0 Å². The minimum Gasteiger partial charge on any atom is -0.497 e. The van der Waals surface area contributed by atoms with E-state index in [4.69, 9.17) is 4.74 Å². The number of carbonyl (C=O) groups is 3. The Balaban J connectivity index is 1.51. The average Bonchev–Trinajstić information content (AvgIpc) is 3.00. The van der Waals surface area contributed by atoms with Crippen LogP contribution in [0.2, 0.25) is 0 Å². The highest BCUT2D eigenvalue weighted by Crippen LogP contribution is 2.21. The molecule has 0 aliphatic rings. The Morgan fingerprint density at radius 2 is 1.48 bits per heavy atom. The SMILES string of the molecule is CCN(CC)C(=O)C(Cc1ccc(NC(=O)c2ccc(OC)cc2)cc1)C(=O)NS(=O)(=O)c1ccc2ccccc2c1. The monoisotopic (exact) mass is 587 g/mol. The molecule has 4 aromatic carbocycles. The first kappa shape index (κ1) is 30.3. The van der Waals surface area contributed by atoms with Crippen LogP contribution >= 0.6 is 0 Å². The van der Waals surface area contributed by atoms with Gasteiger partial charge in [0.15, 0.2) is 0 Å². The fourth-order valence-corrected chi connectivity index (χ4v) is 5.60. The minimum atomic E-state index is -4.24. The Bertz CT molecular complexity index is 1680. The van der Waals surface area contributed by atoms with Crippen molar-refractivity contribution >= 4 is 44.2 Å². The van der Waals surface area contributed by atoms with Crippen LogP contribution in [0.3, 0.4) is 0 Å². The van der Waals surface area contributed by atoms with Crippen LogP contribution in [0, 0.1) is 5.92 Å². The molecule has 0 fully saturated rings. The van der Waals surface area contributed by atoms with Gasteiger partial charge in [0.25, 0.3) is 15.9 Å². The van der Waals surface area contributed by atoms with Crippen LogP contribution in [0.25, 0.3) is 10.8 Å². The molecule has 0 spiro atoms. The van der Waals surface area contributed by atoms with Crippen LogP contribution in [0.1, 0.15) is 29.8 Å². The van der Waals surface area contributed by atoms with E-state index in [1.807, 2.05) is 12.1 Å². The summed E-state index contributed by atoms with van der Waals surface area (Å²) in [6.45, 7) is 4.32. The predicted molar refractivity (Wildman–Crippen MR) is 162 cm³/mol. The molecule has 0 heterocycles. The van der Waals surface area contributed by atoms with E-state index in [0.29, 0.717) is 41.0 Å². The van der Waals surface area contributed by atoms with Gasteiger partial charge in [-0.05, 0) is 85.1 Å². The van der Waals surface area contributed by atoms with Gasteiger partial charge in [-0.3, -0.25) is 14.4 Å². The van der Waals surface area contributed by atoms with Gasteiger partial charge >= 0.3 is 0 Å². The molecule has 1 unspecified atom stereocenters. The van der Waals surface area contributed by atoms with Crippen molar-refractivity contribution in [1.29, 1.82) is 0 Å². The summed E-state index contributed by atoms with van der Waals surface area (Å²) in [6.07, 6.45) is -0.0267. The molecule has 0 aliphatic heterocycles. The van der Waals surface area contributed by atoms with Crippen LogP contribution in [0.5, 0.6) is 5.75 Å². The summed E-state index contributed by atoms with van der Waals surface area (Å²) in [5, 5.41) is 4.38. The third-order valence-electron chi connectivity index (χ3n) is 6.96. The second-order valence-corrected chi connectivity index (χ2v) is 11.3. The minimum absolute atomic E-state index is 0.0267. The van der Waals surface area contributed by atoms with Gasteiger partial charge in [0.1, 0.15) is 11.7 Å². The molecule has 218 valence electrons. The first-order valence-electron chi connectivity index (χ1n) is 13.5. The van der Waals surface area contributed by atoms with E-state index in [0.717, 1.165) is 5.39 Å². The molecule has 42 heavy (non-hydrogen) atoms. The summed E-state index contributed by atoms with van der Waals surface area (Å²) in [7, 11) is -2.69. The highest BCUT2D eigenvalue weighted by molar-refractivity contribution is 7.90. The molecule has 0 aromatic heterocycles. The normalized spacial score (nSPS) is 11.9. The van der Waals surface area contributed by atoms with Crippen molar-refractivity contribution in [2.75, 3.05) is 25.5 Å². The number of nitrogens with zero attached hydrogens (tertiary/aromatic N) is 1. The third-order valence-corrected chi connectivity index (χ3v) is 8.30. The zero-order valence-electron chi connectivity index (χ0n) is 23.7. The lowest BCUT2D eigenvalue weighted by Crippen LogP contribution is -2.46. The van der Waals surface area contributed by atoms with Crippen molar-refractivity contribution in [2.45, 2.75) is 25.2 Å². The summed E-state index contributed by atoms with van der Waals surface area (Å²) >= 11 is 0. The van der Waals surface area contributed by atoms with Crippen molar-refractivity contribution in [3.8, 4) is 5.75 Å². The van der Waals surface area contributed by atoms with Crippen molar-refractivity contribution in [1.82, 2.24) is 9.62 Å². The van der Waals surface area contributed by atoms with Gasteiger partial charge in [-0.2, -0.15) is 0 Å². The lowest BCUT2D eigenvalue weighted by atomic mass is 9.97. The molecule has 3 amide bonds. The largest absolute Gasteiger partial charge is 0.497 e. The highest BCUT2D eigenvalue weighted by atomic mass is 32.2. The van der Waals surface area contributed by atoms with Gasteiger partial charge in [-0.15, -0.1) is 0 Å². The average molecular weight is 588 g/mol. The number of amides is 3. The Kier molecular flexibility index (Phi) is 9.59. The Labute approximate surface area is 245 Å². The highest BCUT2D eigenvalue weighted by Gasteiger charge is 2.33. The predicted octanol–water partition coefficient (Wildman–Crippen LogP) is 4.63. The summed E-state index contributed by atoms with van der Waals surface area (Å²) in [4.78, 5) is 40.8. The maximum atomic E-state index is 13.4. The van der Waals surface area contributed by atoms with Gasteiger partial charge in [-0.25, -0.2) is 13.1 Å². The number of rotatable bonds is 11. The maximum absolute atomic E-state index is 13.4. The molecule has 0 saturated carbocycles. The quantitative estimate of drug-likeness (QED) is 0.247. The fourth-order valence-electron chi connectivity index (χ4n) is 4.55.